The smallest absolute Gasteiger partial charge is 0.246 e. The summed E-state index contributed by atoms with van der Waals surface area (Å²) in [5.74, 6) is -0.479. The van der Waals surface area contributed by atoms with Crippen LogP contribution in [0.25, 0.3) is 0 Å². The molecule has 0 bridgehead atoms. The highest BCUT2D eigenvalue weighted by molar-refractivity contribution is 7.15. The fourth-order valence-corrected chi connectivity index (χ4v) is 3.82. The van der Waals surface area contributed by atoms with Gasteiger partial charge in [0.05, 0.1) is 17.8 Å². The van der Waals surface area contributed by atoms with Crippen LogP contribution < -0.4 is 10.2 Å². The van der Waals surface area contributed by atoms with Crippen molar-refractivity contribution in [3.63, 3.8) is 0 Å². The van der Waals surface area contributed by atoms with Crippen LogP contribution in [0.4, 0.5) is 10.8 Å². The summed E-state index contributed by atoms with van der Waals surface area (Å²) in [6.07, 6.45) is 7.58. The number of nitrogens with zero attached hydrogens (tertiary/aromatic N) is 4. The number of thiazole rings is 1. The third-order valence-electron chi connectivity index (χ3n) is 4.90. The van der Waals surface area contributed by atoms with Crippen molar-refractivity contribution in [2.75, 3.05) is 36.4 Å². The lowest BCUT2D eigenvalue weighted by molar-refractivity contribution is -0.126. The van der Waals surface area contributed by atoms with E-state index in [1.807, 2.05) is 13.0 Å². The summed E-state index contributed by atoms with van der Waals surface area (Å²) in [5.41, 5.74) is 1.82. The Morgan fingerprint density at radius 1 is 1.29 bits per heavy atom. The van der Waals surface area contributed by atoms with Gasteiger partial charge in [0.1, 0.15) is 0 Å². The molecule has 1 N–H and O–H groups in total. The Morgan fingerprint density at radius 2 is 2.04 bits per heavy atom. The van der Waals surface area contributed by atoms with Crippen LogP contribution in [0.3, 0.4) is 0 Å². The second-order valence-corrected chi connectivity index (χ2v) is 7.80. The number of carbonyl (C=O) groups excluding carboxylic acids is 2. The predicted molar refractivity (Wildman–Crippen MR) is 112 cm³/mol. The average Bonchev–Trinajstić information content (AvgIpc) is 3.20. The molecule has 3 heterocycles. The van der Waals surface area contributed by atoms with Crippen LogP contribution in [0, 0.1) is 0 Å². The van der Waals surface area contributed by atoms with E-state index in [9.17, 15) is 9.59 Å². The maximum atomic E-state index is 12.6. The Morgan fingerprint density at radius 3 is 2.68 bits per heavy atom. The third-order valence-corrected chi connectivity index (χ3v) is 5.96. The first-order valence-corrected chi connectivity index (χ1v) is 10.2. The van der Waals surface area contributed by atoms with Gasteiger partial charge in [-0.1, -0.05) is 13.5 Å². The molecule has 0 spiro atoms. The van der Waals surface area contributed by atoms with Crippen LogP contribution in [0.1, 0.15) is 30.2 Å². The Hall–Kier alpha value is -2.74. The van der Waals surface area contributed by atoms with E-state index in [1.54, 1.807) is 23.5 Å². The normalized spacial score (nSPS) is 15.2. The molecule has 1 saturated heterocycles. The predicted octanol–water partition coefficient (Wildman–Crippen LogP) is 2.68. The molecule has 28 heavy (non-hydrogen) atoms. The molecule has 2 aromatic heterocycles. The Balaban J connectivity index is 1.64. The van der Waals surface area contributed by atoms with Crippen LogP contribution in [0.5, 0.6) is 0 Å². The number of hydrogen-bond acceptors (Lipinski definition) is 6. The molecule has 0 aliphatic carbocycles. The van der Waals surface area contributed by atoms with Gasteiger partial charge in [0.15, 0.2) is 5.13 Å². The number of pyridine rings is 1. The molecule has 0 radical (unpaired) electrons. The van der Waals surface area contributed by atoms with E-state index in [0.29, 0.717) is 18.2 Å². The number of nitrogens with one attached hydrogen (secondary N) is 1. The van der Waals surface area contributed by atoms with E-state index in [-0.39, 0.29) is 17.7 Å². The molecule has 0 aromatic carbocycles. The molecule has 1 aliphatic rings. The second-order valence-electron chi connectivity index (χ2n) is 6.69. The van der Waals surface area contributed by atoms with E-state index in [1.165, 1.54) is 17.4 Å². The summed E-state index contributed by atoms with van der Waals surface area (Å²) in [6.45, 7) is 10.2. The van der Waals surface area contributed by atoms with Crippen LogP contribution in [0.15, 0.2) is 37.3 Å². The first-order valence-electron chi connectivity index (χ1n) is 9.38. The molecule has 1 atom stereocenters. The molecule has 2 amide bonds. The molecule has 1 fully saturated rings. The molecule has 1 aliphatic heterocycles. The van der Waals surface area contributed by atoms with Crippen molar-refractivity contribution in [3.05, 3.63) is 47.8 Å². The van der Waals surface area contributed by atoms with E-state index in [2.05, 4.69) is 33.7 Å². The number of anilines is 2. The van der Waals surface area contributed by atoms with E-state index >= 15 is 0 Å². The SMILES string of the molecule is C=CC(=O)N1CCN(c2cncc(C(C)C(=O)Nc3ncc(CC)s3)c2)CC1. The first-order chi connectivity index (χ1) is 13.5. The fourth-order valence-electron chi connectivity index (χ4n) is 3.06. The van der Waals surface area contributed by atoms with Gasteiger partial charge < -0.3 is 15.1 Å². The zero-order valence-corrected chi connectivity index (χ0v) is 17.0. The maximum Gasteiger partial charge on any atom is 0.246 e. The molecule has 1 unspecified atom stereocenters. The molecule has 0 saturated carbocycles. The minimum Gasteiger partial charge on any atom is -0.367 e. The van der Waals surface area contributed by atoms with Crippen LogP contribution in [-0.4, -0.2) is 52.9 Å². The van der Waals surface area contributed by atoms with E-state index in [4.69, 9.17) is 0 Å². The number of carbonyl (C=O) groups is 2. The summed E-state index contributed by atoms with van der Waals surface area (Å²) in [4.78, 5) is 38.0. The number of aromatic nitrogens is 2. The van der Waals surface area contributed by atoms with Crippen LogP contribution in [-0.2, 0) is 16.0 Å². The van der Waals surface area contributed by atoms with Gasteiger partial charge in [-0.3, -0.25) is 14.6 Å². The quantitative estimate of drug-likeness (QED) is 0.756. The van der Waals surface area contributed by atoms with E-state index in [0.717, 1.165) is 35.6 Å². The van der Waals surface area contributed by atoms with Crippen LogP contribution >= 0.6 is 11.3 Å². The van der Waals surface area contributed by atoms with Gasteiger partial charge in [0.2, 0.25) is 11.8 Å². The Kier molecular flexibility index (Phi) is 6.41. The van der Waals surface area contributed by atoms with Gasteiger partial charge in [-0.05, 0) is 31.1 Å². The van der Waals surface area contributed by atoms with Gasteiger partial charge >= 0.3 is 0 Å². The lowest BCUT2D eigenvalue weighted by atomic mass is 10.0. The van der Waals surface area contributed by atoms with Crippen molar-refractivity contribution in [2.45, 2.75) is 26.2 Å². The minimum atomic E-state index is -0.343. The number of rotatable bonds is 6. The number of aryl methyl sites for hydroxylation is 1. The molecule has 3 rings (SSSR count). The number of piperazine rings is 1. The van der Waals surface area contributed by atoms with Crippen molar-refractivity contribution < 1.29 is 9.59 Å². The van der Waals surface area contributed by atoms with Crippen molar-refractivity contribution in [3.8, 4) is 0 Å². The molecular formula is C20H25N5O2S. The van der Waals surface area contributed by atoms with Crippen molar-refractivity contribution in [2.24, 2.45) is 0 Å². The van der Waals surface area contributed by atoms with Gasteiger partial charge in [-0.2, -0.15) is 0 Å². The minimum absolute atomic E-state index is 0.0368. The van der Waals surface area contributed by atoms with Gasteiger partial charge in [0, 0.05) is 43.4 Å². The highest BCUT2D eigenvalue weighted by Gasteiger charge is 2.22. The largest absolute Gasteiger partial charge is 0.367 e. The topological polar surface area (TPSA) is 78.4 Å². The summed E-state index contributed by atoms with van der Waals surface area (Å²) in [7, 11) is 0. The van der Waals surface area contributed by atoms with Crippen molar-refractivity contribution in [1.29, 1.82) is 0 Å². The Bertz CT molecular complexity index is 858. The summed E-state index contributed by atoms with van der Waals surface area (Å²) in [5, 5.41) is 3.52. The molecule has 2 aromatic rings. The fraction of sp³-hybridized carbons (Fsp3) is 0.400. The monoisotopic (exact) mass is 399 g/mol. The first kappa shape index (κ1) is 20.0. The van der Waals surface area contributed by atoms with E-state index < -0.39 is 0 Å². The summed E-state index contributed by atoms with van der Waals surface area (Å²) >= 11 is 1.50. The lowest BCUT2D eigenvalue weighted by Crippen LogP contribution is -2.48. The number of hydrogen-bond donors (Lipinski definition) is 1. The molecule has 8 heteroatoms. The van der Waals surface area contributed by atoms with Crippen molar-refractivity contribution >= 4 is 34.0 Å². The highest BCUT2D eigenvalue weighted by Crippen LogP contribution is 2.24. The summed E-state index contributed by atoms with van der Waals surface area (Å²) in [6, 6.07) is 2.00. The van der Waals surface area contributed by atoms with Gasteiger partial charge in [-0.15, -0.1) is 11.3 Å². The molecular weight excluding hydrogens is 374 g/mol. The van der Waals surface area contributed by atoms with Gasteiger partial charge in [-0.25, -0.2) is 4.98 Å². The van der Waals surface area contributed by atoms with Crippen molar-refractivity contribution in [1.82, 2.24) is 14.9 Å². The highest BCUT2D eigenvalue weighted by atomic mass is 32.1. The standard InChI is InChI=1S/C20H25N5O2S/c1-4-17-13-22-20(28-17)23-19(27)14(3)15-10-16(12-21-11-15)24-6-8-25(9-7-24)18(26)5-2/h5,10-14H,2,4,6-9H2,1,3H3,(H,22,23,27). The molecule has 7 nitrogen and oxygen atoms in total. The summed E-state index contributed by atoms with van der Waals surface area (Å²) < 4.78 is 0. The third kappa shape index (κ3) is 4.56. The van der Waals surface area contributed by atoms with Gasteiger partial charge in [0.25, 0.3) is 0 Å². The zero-order valence-electron chi connectivity index (χ0n) is 16.2. The zero-order chi connectivity index (χ0) is 20.1. The average molecular weight is 400 g/mol. The van der Waals surface area contributed by atoms with Crippen LogP contribution in [0.2, 0.25) is 0 Å². The Labute approximate surface area is 169 Å². The lowest BCUT2D eigenvalue weighted by Gasteiger charge is -2.35. The maximum absolute atomic E-state index is 12.6. The molecule has 148 valence electrons. The second kappa shape index (κ2) is 8.97. The number of amides is 2.